The largest absolute Gasteiger partial charge is 0.397 e. The summed E-state index contributed by atoms with van der Waals surface area (Å²) in [5.74, 6) is -0.683. The summed E-state index contributed by atoms with van der Waals surface area (Å²) in [6.07, 6.45) is 0. The van der Waals surface area contributed by atoms with E-state index in [1.165, 1.54) is 0 Å². The van der Waals surface area contributed by atoms with Crippen molar-refractivity contribution in [3.05, 3.63) is 23.8 Å². The summed E-state index contributed by atoms with van der Waals surface area (Å²) in [6, 6.07) is 5.47. The number of aryl methyl sites for hydroxylation is 1. The molecular weight excluding hydrogens is 256 g/mol. The summed E-state index contributed by atoms with van der Waals surface area (Å²) in [4.78, 5) is 24.7. The van der Waals surface area contributed by atoms with Crippen molar-refractivity contribution in [2.24, 2.45) is 5.73 Å². The number of anilines is 2. The summed E-state index contributed by atoms with van der Waals surface area (Å²) in [6.45, 7) is 5.87. The van der Waals surface area contributed by atoms with Crippen LogP contribution in [0.25, 0.3) is 0 Å². The van der Waals surface area contributed by atoms with Gasteiger partial charge in [-0.1, -0.05) is 6.07 Å². The van der Waals surface area contributed by atoms with E-state index < -0.39 is 5.91 Å². The maximum atomic E-state index is 12.0. The Balaban J connectivity index is 2.68. The molecule has 2 amide bonds. The molecule has 0 bridgehead atoms. The Labute approximate surface area is 119 Å². The molecule has 0 radical (unpaired) electrons. The Morgan fingerprint density at radius 3 is 2.45 bits per heavy atom. The first kappa shape index (κ1) is 16.0. The zero-order chi connectivity index (χ0) is 15.3. The zero-order valence-corrected chi connectivity index (χ0v) is 12.1. The first-order chi connectivity index (χ1) is 9.29. The third-order valence-corrected chi connectivity index (χ3v) is 2.92. The van der Waals surface area contributed by atoms with E-state index in [1.54, 1.807) is 17.0 Å². The number of amides is 2. The minimum absolute atomic E-state index is 0.0450. The van der Waals surface area contributed by atoms with Crippen LogP contribution in [-0.4, -0.2) is 35.8 Å². The van der Waals surface area contributed by atoms with Gasteiger partial charge in [-0.2, -0.15) is 0 Å². The smallest absolute Gasteiger partial charge is 0.238 e. The van der Waals surface area contributed by atoms with Crippen molar-refractivity contribution in [1.29, 1.82) is 0 Å². The summed E-state index contributed by atoms with van der Waals surface area (Å²) >= 11 is 0. The van der Waals surface area contributed by atoms with Crippen LogP contribution in [0.1, 0.15) is 19.4 Å². The molecular formula is C14H22N4O2. The third-order valence-electron chi connectivity index (χ3n) is 2.92. The van der Waals surface area contributed by atoms with E-state index in [1.807, 2.05) is 26.8 Å². The van der Waals surface area contributed by atoms with Crippen molar-refractivity contribution < 1.29 is 9.59 Å². The molecule has 110 valence electrons. The molecule has 0 aliphatic carbocycles. The Morgan fingerprint density at radius 1 is 1.30 bits per heavy atom. The maximum absolute atomic E-state index is 12.0. The van der Waals surface area contributed by atoms with Gasteiger partial charge in [0.15, 0.2) is 0 Å². The number of hydrogen-bond acceptors (Lipinski definition) is 4. The lowest BCUT2D eigenvalue weighted by Gasteiger charge is -2.24. The maximum Gasteiger partial charge on any atom is 0.238 e. The van der Waals surface area contributed by atoms with Gasteiger partial charge in [0, 0.05) is 6.04 Å². The van der Waals surface area contributed by atoms with E-state index in [9.17, 15) is 9.59 Å². The molecule has 1 aromatic carbocycles. The highest BCUT2D eigenvalue weighted by Crippen LogP contribution is 2.19. The first-order valence-corrected chi connectivity index (χ1v) is 6.48. The molecule has 0 aromatic heterocycles. The fraction of sp³-hybridized carbons (Fsp3) is 0.429. The van der Waals surface area contributed by atoms with Gasteiger partial charge in [-0.25, -0.2) is 0 Å². The number of rotatable bonds is 6. The Hall–Kier alpha value is -2.08. The van der Waals surface area contributed by atoms with Crippen molar-refractivity contribution in [3.63, 3.8) is 0 Å². The SMILES string of the molecule is Cc1ccc(NC(=O)CN(CC(N)=O)C(C)C)c(N)c1. The van der Waals surface area contributed by atoms with E-state index in [4.69, 9.17) is 11.5 Å². The number of carbonyl (C=O) groups is 2. The van der Waals surface area contributed by atoms with E-state index in [0.717, 1.165) is 5.56 Å². The van der Waals surface area contributed by atoms with Gasteiger partial charge in [0.2, 0.25) is 11.8 Å². The topological polar surface area (TPSA) is 101 Å². The number of nitrogen functional groups attached to an aromatic ring is 1. The molecule has 6 heteroatoms. The number of primary amides is 1. The third kappa shape index (κ3) is 4.89. The van der Waals surface area contributed by atoms with Crippen LogP contribution >= 0.6 is 0 Å². The normalized spacial score (nSPS) is 10.8. The second-order valence-electron chi connectivity index (χ2n) is 5.10. The minimum atomic E-state index is -0.457. The van der Waals surface area contributed by atoms with E-state index in [0.29, 0.717) is 11.4 Å². The molecule has 0 spiro atoms. The lowest BCUT2D eigenvalue weighted by Crippen LogP contribution is -2.43. The molecule has 6 nitrogen and oxygen atoms in total. The second-order valence-corrected chi connectivity index (χ2v) is 5.10. The molecule has 0 saturated carbocycles. The van der Waals surface area contributed by atoms with Crippen molar-refractivity contribution in [2.75, 3.05) is 24.1 Å². The number of carbonyl (C=O) groups excluding carboxylic acids is 2. The number of nitrogens with two attached hydrogens (primary N) is 2. The van der Waals surface area contributed by atoms with Crippen LogP contribution in [0.2, 0.25) is 0 Å². The van der Waals surface area contributed by atoms with E-state index >= 15 is 0 Å². The minimum Gasteiger partial charge on any atom is -0.397 e. The van der Waals surface area contributed by atoms with Crippen LogP contribution in [-0.2, 0) is 9.59 Å². The van der Waals surface area contributed by atoms with Gasteiger partial charge in [-0.05, 0) is 38.5 Å². The number of nitrogens with zero attached hydrogens (tertiary/aromatic N) is 1. The lowest BCUT2D eigenvalue weighted by atomic mass is 10.2. The summed E-state index contributed by atoms with van der Waals surface area (Å²) in [5.41, 5.74) is 13.1. The van der Waals surface area contributed by atoms with Crippen LogP contribution in [0.15, 0.2) is 18.2 Å². The Kier molecular flexibility index (Phi) is 5.52. The molecule has 5 N–H and O–H groups in total. The number of benzene rings is 1. The van der Waals surface area contributed by atoms with Crippen LogP contribution in [0.4, 0.5) is 11.4 Å². The van der Waals surface area contributed by atoms with Gasteiger partial charge in [0.25, 0.3) is 0 Å². The number of hydrogen-bond donors (Lipinski definition) is 3. The van der Waals surface area contributed by atoms with Crippen molar-refractivity contribution in [2.45, 2.75) is 26.8 Å². The number of nitrogens with one attached hydrogen (secondary N) is 1. The van der Waals surface area contributed by atoms with Crippen LogP contribution in [0.3, 0.4) is 0 Å². The summed E-state index contributed by atoms with van der Waals surface area (Å²) < 4.78 is 0. The van der Waals surface area contributed by atoms with Gasteiger partial charge < -0.3 is 16.8 Å². The van der Waals surface area contributed by atoms with Crippen molar-refractivity contribution in [3.8, 4) is 0 Å². The molecule has 0 unspecified atom stereocenters. The zero-order valence-electron chi connectivity index (χ0n) is 12.1. The average molecular weight is 278 g/mol. The van der Waals surface area contributed by atoms with Crippen LogP contribution in [0.5, 0.6) is 0 Å². The van der Waals surface area contributed by atoms with Crippen molar-refractivity contribution in [1.82, 2.24) is 4.90 Å². The Morgan fingerprint density at radius 2 is 1.95 bits per heavy atom. The Bertz CT molecular complexity index is 500. The average Bonchev–Trinajstić information content (AvgIpc) is 2.31. The molecule has 20 heavy (non-hydrogen) atoms. The van der Waals surface area contributed by atoms with Crippen molar-refractivity contribution >= 4 is 23.2 Å². The first-order valence-electron chi connectivity index (χ1n) is 6.48. The highest BCUT2D eigenvalue weighted by Gasteiger charge is 2.16. The molecule has 1 rings (SSSR count). The fourth-order valence-electron chi connectivity index (χ4n) is 1.79. The van der Waals surface area contributed by atoms with Gasteiger partial charge in [0.1, 0.15) is 0 Å². The van der Waals surface area contributed by atoms with E-state index in [2.05, 4.69) is 5.32 Å². The highest BCUT2D eigenvalue weighted by molar-refractivity contribution is 5.95. The predicted octanol–water partition coefficient (Wildman–Crippen LogP) is 0.711. The molecule has 0 aliphatic rings. The van der Waals surface area contributed by atoms with E-state index in [-0.39, 0.29) is 25.0 Å². The summed E-state index contributed by atoms with van der Waals surface area (Å²) in [5, 5.41) is 2.74. The quantitative estimate of drug-likeness (QED) is 0.667. The summed E-state index contributed by atoms with van der Waals surface area (Å²) in [7, 11) is 0. The molecule has 0 fully saturated rings. The standard InChI is InChI=1S/C14H22N4O2/c1-9(2)18(7-13(16)19)8-14(20)17-12-5-4-10(3)6-11(12)15/h4-6,9H,7-8,15H2,1-3H3,(H2,16,19)(H,17,20). The molecule has 0 atom stereocenters. The molecule has 0 saturated heterocycles. The lowest BCUT2D eigenvalue weighted by molar-refractivity contribution is -0.121. The molecule has 1 aromatic rings. The van der Waals surface area contributed by atoms with Gasteiger partial charge in [-0.3, -0.25) is 14.5 Å². The molecule has 0 heterocycles. The van der Waals surface area contributed by atoms with Gasteiger partial charge >= 0.3 is 0 Å². The van der Waals surface area contributed by atoms with Gasteiger partial charge in [-0.15, -0.1) is 0 Å². The predicted molar refractivity (Wildman–Crippen MR) is 80.1 cm³/mol. The van der Waals surface area contributed by atoms with Gasteiger partial charge in [0.05, 0.1) is 24.5 Å². The second kappa shape index (κ2) is 6.91. The molecule has 0 aliphatic heterocycles. The fourth-order valence-corrected chi connectivity index (χ4v) is 1.79. The highest BCUT2D eigenvalue weighted by atomic mass is 16.2. The van der Waals surface area contributed by atoms with Crippen LogP contribution in [0, 0.1) is 6.92 Å². The van der Waals surface area contributed by atoms with Crippen LogP contribution < -0.4 is 16.8 Å². The monoisotopic (exact) mass is 278 g/mol.